The van der Waals surface area contributed by atoms with Crippen molar-refractivity contribution in [3.63, 3.8) is 0 Å². The molecule has 0 spiro atoms. The highest BCUT2D eigenvalue weighted by molar-refractivity contribution is 8.00. The number of esters is 1. The molecule has 1 aromatic carbocycles. The predicted molar refractivity (Wildman–Crippen MR) is 108 cm³/mol. The summed E-state index contributed by atoms with van der Waals surface area (Å²) in [5.74, 6) is 0.344. The number of nitrogens with one attached hydrogen (secondary N) is 1. The second kappa shape index (κ2) is 8.46. The van der Waals surface area contributed by atoms with E-state index in [1.54, 1.807) is 12.1 Å². The molecule has 1 aromatic heterocycles. The van der Waals surface area contributed by atoms with Gasteiger partial charge in [-0.3, -0.25) is 4.79 Å². The number of carbonyl (C=O) groups excluding carboxylic acids is 2. The molecule has 7 heteroatoms. The minimum absolute atomic E-state index is 0.137. The molecule has 0 unspecified atom stereocenters. The predicted octanol–water partition coefficient (Wildman–Crippen LogP) is 5.04. The molecular weight excluding hydrogens is 390 g/mol. The van der Waals surface area contributed by atoms with Gasteiger partial charge in [-0.1, -0.05) is 18.5 Å². The van der Waals surface area contributed by atoms with Crippen LogP contribution in [0.25, 0.3) is 0 Å². The van der Waals surface area contributed by atoms with E-state index in [1.807, 2.05) is 12.1 Å². The Hall–Kier alpha value is -1.50. The molecule has 1 heterocycles. The van der Waals surface area contributed by atoms with Gasteiger partial charge >= 0.3 is 5.97 Å². The number of ether oxygens (including phenoxy) is 1. The summed E-state index contributed by atoms with van der Waals surface area (Å²) in [7, 11) is 1.37. The van der Waals surface area contributed by atoms with Crippen LogP contribution in [-0.2, 0) is 22.4 Å². The van der Waals surface area contributed by atoms with Crippen molar-refractivity contribution in [2.75, 3.05) is 18.2 Å². The SMILES string of the molecule is COC(=O)c1c(NC(=O)CSc2ccc(Cl)cc2)sc2c1CC[C@H](C)C2. The fourth-order valence-corrected chi connectivity index (χ4v) is 5.24. The summed E-state index contributed by atoms with van der Waals surface area (Å²) < 4.78 is 4.95. The molecule has 0 saturated carbocycles. The summed E-state index contributed by atoms with van der Waals surface area (Å²) in [6.07, 6.45) is 2.85. The minimum atomic E-state index is -0.377. The number of carbonyl (C=O) groups is 2. The number of methoxy groups -OCH3 is 1. The summed E-state index contributed by atoms with van der Waals surface area (Å²) in [4.78, 5) is 26.8. The Morgan fingerprint density at radius 3 is 2.77 bits per heavy atom. The van der Waals surface area contributed by atoms with E-state index in [1.165, 1.54) is 35.1 Å². The third kappa shape index (κ3) is 4.42. The number of hydrogen-bond donors (Lipinski definition) is 1. The average molecular weight is 410 g/mol. The lowest BCUT2D eigenvalue weighted by Crippen LogP contribution is -2.17. The Morgan fingerprint density at radius 1 is 1.35 bits per heavy atom. The van der Waals surface area contributed by atoms with Gasteiger partial charge in [0.1, 0.15) is 5.00 Å². The zero-order valence-electron chi connectivity index (χ0n) is 14.6. The van der Waals surface area contributed by atoms with Crippen LogP contribution >= 0.6 is 34.7 Å². The van der Waals surface area contributed by atoms with E-state index in [0.717, 1.165) is 29.7 Å². The summed E-state index contributed by atoms with van der Waals surface area (Å²) in [6, 6.07) is 7.36. The van der Waals surface area contributed by atoms with E-state index in [4.69, 9.17) is 16.3 Å². The maximum Gasteiger partial charge on any atom is 0.341 e. The van der Waals surface area contributed by atoms with Crippen molar-refractivity contribution in [3.05, 3.63) is 45.3 Å². The third-order valence-corrected chi connectivity index (χ3v) is 6.77. The molecule has 4 nitrogen and oxygen atoms in total. The molecule has 0 aliphatic heterocycles. The van der Waals surface area contributed by atoms with Gasteiger partial charge in [0.05, 0.1) is 18.4 Å². The zero-order valence-corrected chi connectivity index (χ0v) is 17.0. The molecular formula is C19H20ClNO3S2. The highest BCUT2D eigenvalue weighted by Gasteiger charge is 2.28. The number of benzene rings is 1. The van der Waals surface area contributed by atoms with Crippen LogP contribution in [0.3, 0.4) is 0 Å². The summed E-state index contributed by atoms with van der Waals surface area (Å²) in [5, 5.41) is 4.19. The van der Waals surface area contributed by atoms with Crippen LogP contribution < -0.4 is 5.32 Å². The van der Waals surface area contributed by atoms with E-state index >= 15 is 0 Å². The highest BCUT2D eigenvalue weighted by Crippen LogP contribution is 2.40. The zero-order chi connectivity index (χ0) is 18.7. The van der Waals surface area contributed by atoms with Gasteiger partial charge in [-0.05, 0) is 55.0 Å². The molecule has 2 aromatic rings. The number of halogens is 1. The van der Waals surface area contributed by atoms with E-state index < -0.39 is 0 Å². The molecule has 1 aliphatic carbocycles. The minimum Gasteiger partial charge on any atom is -0.465 e. The van der Waals surface area contributed by atoms with Crippen LogP contribution in [0.15, 0.2) is 29.2 Å². The fraction of sp³-hybridized carbons (Fsp3) is 0.368. The van der Waals surface area contributed by atoms with Crippen LogP contribution in [0.1, 0.15) is 34.1 Å². The summed E-state index contributed by atoms with van der Waals surface area (Å²) in [6.45, 7) is 2.21. The quantitative estimate of drug-likeness (QED) is 0.555. The first-order valence-corrected chi connectivity index (χ1v) is 10.6. The smallest absolute Gasteiger partial charge is 0.341 e. The molecule has 1 N–H and O–H groups in total. The summed E-state index contributed by atoms with van der Waals surface area (Å²) >= 11 is 8.80. The second-order valence-electron chi connectivity index (χ2n) is 6.34. The van der Waals surface area contributed by atoms with Gasteiger partial charge in [-0.2, -0.15) is 0 Å². The lowest BCUT2D eigenvalue weighted by atomic mass is 9.88. The van der Waals surface area contributed by atoms with Gasteiger partial charge in [0, 0.05) is 14.8 Å². The Bertz CT molecular complexity index is 817. The normalized spacial score (nSPS) is 16.0. The number of rotatable bonds is 5. The molecule has 3 rings (SSSR count). The van der Waals surface area contributed by atoms with Crippen molar-refractivity contribution in [1.82, 2.24) is 0 Å². The van der Waals surface area contributed by atoms with Crippen molar-refractivity contribution in [3.8, 4) is 0 Å². The monoisotopic (exact) mass is 409 g/mol. The number of thiophene rings is 1. The Labute approximate surface area is 166 Å². The fourth-order valence-electron chi connectivity index (χ4n) is 3.00. The van der Waals surface area contributed by atoms with Gasteiger partial charge < -0.3 is 10.1 Å². The first kappa shape index (κ1) is 19.3. The van der Waals surface area contributed by atoms with E-state index in [9.17, 15) is 9.59 Å². The first-order chi connectivity index (χ1) is 12.5. The van der Waals surface area contributed by atoms with Crippen molar-refractivity contribution < 1.29 is 14.3 Å². The topological polar surface area (TPSA) is 55.4 Å². The van der Waals surface area contributed by atoms with Crippen molar-refractivity contribution in [2.24, 2.45) is 5.92 Å². The number of anilines is 1. The Morgan fingerprint density at radius 2 is 2.08 bits per heavy atom. The van der Waals surface area contributed by atoms with E-state index in [2.05, 4.69) is 12.2 Å². The lowest BCUT2D eigenvalue weighted by Gasteiger charge is -2.18. The summed E-state index contributed by atoms with van der Waals surface area (Å²) in [5.41, 5.74) is 1.57. The van der Waals surface area contributed by atoms with E-state index in [-0.39, 0.29) is 17.6 Å². The molecule has 1 amide bonds. The molecule has 138 valence electrons. The van der Waals surface area contributed by atoms with Crippen molar-refractivity contribution >= 4 is 51.6 Å². The number of amides is 1. The van der Waals surface area contributed by atoms with Crippen LogP contribution in [0.4, 0.5) is 5.00 Å². The average Bonchev–Trinajstić information content (AvgIpc) is 2.97. The number of hydrogen-bond acceptors (Lipinski definition) is 5. The van der Waals surface area contributed by atoms with Gasteiger partial charge in [-0.15, -0.1) is 23.1 Å². The molecule has 0 fully saturated rings. The maximum absolute atomic E-state index is 12.4. The number of fused-ring (bicyclic) bond motifs is 1. The Balaban J connectivity index is 1.73. The highest BCUT2D eigenvalue weighted by atomic mass is 35.5. The van der Waals surface area contributed by atoms with E-state index in [0.29, 0.717) is 21.5 Å². The van der Waals surface area contributed by atoms with Crippen LogP contribution in [0.2, 0.25) is 5.02 Å². The van der Waals surface area contributed by atoms with Gasteiger partial charge in [0.2, 0.25) is 5.91 Å². The second-order valence-corrected chi connectivity index (χ2v) is 8.93. The van der Waals surface area contributed by atoms with Gasteiger partial charge in [-0.25, -0.2) is 4.79 Å². The number of thioether (sulfide) groups is 1. The molecule has 26 heavy (non-hydrogen) atoms. The molecule has 0 bridgehead atoms. The van der Waals surface area contributed by atoms with Gasteiger partial charge in [0.25, 0.3) is 0 Å². The van der Waals surface area contributed by atoms with Gasteiger partial charge in [0.15, 0.2) is 0 Å². The van der Waals surface area contributed by atoms with Crippen LogP contribution in [0, 0.1) is 5.92 Å². The molecule has 1 atom stereocenters. The molecule has 1 aliphatic rings. The first-order valence-electron chi connectivity index (χ1n) is 8.39. The van der Waals surface area contributed by atoms with Crippen LogP contribution in [-0.4, -0.2) is 24.7 Å². The molecule has 0 saturated heterocycles. The lowest BCUT2D eigenvalue weighted by molar-refractivity contribution is -0.113. The maximum atomic E-state index is 12.4. The Kier molecular flexibility index (Phi) is 6.27. The largest absolute Gasteiger partial charge is 0.465 e. The molecule has 0 radical (unpaired) electrons. The standard InChI is InChI=1S/C19H20ClNO3S2/c1-11-3-8-14-15(9-11)26-18(17(14)19(23)24-2)21-16(22)10-25-13-6-4-12(20)5-7-13/h4-7,11H,3,8-10H2,1-2H3,(H,21,22)/t11-/m0/s1. The third-order valence-electron chi connectivity index (χ3n) is 4.34. The van der Waals surface area contributed by atoms with Crippen molar-refractivity contribution in [2.45, 2.75) is 31.1 Å². The van der Waals surface area contributed by atoms with Crippen LogP contribution in [0.5, 0.6) is 0 Å². The van der Waals surface area contributed by atoms with Crippen molar-refractivity contribution in [1.29, 1.82) is 0 Å².